The van der Waals surface area contributed by atoms with Gasteiger partial charge >= 0.3 is 0 Å². The fourth-order valence-corrected chi connectivity index (χ4v) is 2.66. The number of carbonyl (C=O) groups is 1. The Labute approximate surface area is 125 Å². The maximum atomic E-state index is 11.4. The first kappa shape index (κ1) is 14.1. The second-order valence-corrected chi connectivity index (χ2v) is 5.77. The van der Waals surface area contributed by atoms with E-state index in [-0.39, 0.29) is 5.91 Å². The third kappa shape index (κ3) is 3.25. The molecule has 1 aromatic rings. The minimum Gasteiger partial charge on any atom is -0.370 e. The smallest absolute Gasteiger partial charge is 0.219 e. The number of hydrogen-bond acceptors (Lipinski definition) is 5. The molecule has 6 heteroatoms. The molecule has 1 aromatic heterocycles. The van der Waals surface area contributed by atoms with Crippen molar-refractivity contribution in [3.05, 3.63) is 11.9 Å². The van der Waals surface area contributed by atoms with Gasteiger partial charge in [0.1, 0.15) is 17.5 Å². The molecule has 0 spiro atoms. The summed E-state index contributed by atoms with van der Waals surface area (Å²) in [4.78, 5) is 24.9. The summed E-state index contributed by atoms with van der Waals surface area (Å²) in [5, 5.41) is 3.29. The van der Waals surface area contributed by atoms with Crippen LogP contribution in [0.4, 0.5) is 11.6 Å². The molecule has 0 atom stereocenters. The number of carbonyl (C=O) groups excluding carboxylic acids is 1. The quantitative estimate of drug-likeness (QED) is 0.909. The number of nitrogens with zero attached hydrogens (tertiary/aromatic N) is 4. The van der Waals surface area contributed by atoms with Gasteiger partial charge in [-0.05, 0) is 19.8 Å². The van der Waals surface area contributed by atoms with Crippen molar-refractivity contribution in [2.75, 3.05) is 42.9 Å². The van der Waals surface area contributed by atoms with Gasteiger partial charge in [0.05, 0.1) is 0 Å². The Morgan fingerprint density at radius 2 is 2.00 bits per heavy atom. The third-order valence-electron chi connectivity index (χ3n) is 4.08. The molecule has 0 unspecified atom stereocenters. The summed E-state index contributed by atoms with van der Waals surface area (Å²) in [5.41, 5.74) is 0. The molecule has 1 aliphatic heterocycles. The zero-order chi connectivity index (χ0) is 14.8. The van der Waals surface area contributed by atoms with E-state index in [1.807, 2.05) is 11.0 Å². The molecule has 1 amide bonds. The second kappa shape index (κ2) is 5.87. The van der Waals surface area contributed by atoms with E-state index in [2.05, 4.69) is 22.1 Å². The molecular formula is C15H23N5O. The number of rotatable bonds is 4. The lowest BCUT2D eigenvalue weighted by atomic mass is 10.3. The van der Waals surface area contributed by atoms with E-state index >= 15 is 0 Å². The molecular weight excluding hydrogens is 266 g/mol. The topological polar surface area (TPSA) is 61.4 Å². The lowest BCUT2D eigenvalue weighted by Gasteiger charge is -2.35. The number of amides is 1. The lowest BCUT2D eigenvalue weighted by Crippen LogP contribution is -2.48. The molecule has 2 aliphatic rings. The Bertz CT molecular complexity index is 521. The van der Waals surface area contributed by atoms with Crippen LogP contribution in [0, 0.1) is 0 Å². The number of piperazine rings is 1. The molecule has 21 heavy (non-hydrogen) atoms. The van der Waals surface area contributed by atoms with Crippen LogP contribution in [0.3, 0.4) is 0 Å². The summed E-state index contributed by atoms with van der Waals surface area (Å²) in [7, 11) is 0. The number of anilines is 2. The molecule has 1 aliphatic carbocycles. The van der Waals surface area contributed by atoms with Gasteiger partial charge in [0, 0.05) is 51.6 Å². The third-order valence-corrected chi connectivity index (χ3v) is 4.08. The fourth-order valence-electron chi connectivity index (χ4n) is 2.66. The molecule has 2 heterocycles. The Morgan fingerprint density at radius 1 is 1.29 bits per heavy atom. The summed E-state index contributed by atoms with van der Waals surface area (Å²) in [5.74, 6) is 3.58. The molecule has 3 rings (SSSR count). The minimum absolute atomic E-state index is 0.157. The summed E-state index contributed by atoms with van der Waals surface area (Å²) in [6.45, 7) is 7.79. The molecule has 0 radical (unpaired) electrons. The highest BCUT2D eigenvalue weighted by Gasteiger charge is 2.28. The molecule has 1 N–H and O–H groups in total. The SMILES string of the molecule is CCNc1cc(N2CCN(C(C)=O)CC2)nc(C2CC2)n1. The zero-order valence-corrected chi connectivity index (χ0v) is 12.8. The normalized spacial score (nSPS) is 18.8. The Morgan fingerprint density at radius 3 is 2.57 bits per heavy atom. The molecule has 2 fully saturated rings. The predicted molar refractivity (Wildman–Crippen MR) is 82.6 cm³/mol. The van der Waals surface area contributed by atoms with Gasteiger partial charge in [0.25, 0.3) is 0 Å². The van der Waals surface area contributed by atoms with Crippen LogP contribution in [0.25, 0.3) is 0 Å². The maximum Gasteiger partial charge on any atom is 0.219 e. The van der Waals surface area contributed by atoms with Crippen molar-refractivity contribution >= 4 is 17.5 Å². The molecule has 114 valence electrons. The van der Waals surface area contributed by atoms with Crippen LogP contribution in [-0.4, -0.2) is 53.5 Å². The van der Waals surface area contributed by atoms with Crippen LogP contribution in [0.1, 0.15) is 38.4 Å². The molecule has 0 bridgehead atoms. The number of aromatic nitrogens is 2. The van der Waals surface area contributed by atoms with Crippen LogP contribution in [-0.2, 0) is 4.79 Å². The molecule has 1 saturated heterocycles. The maximum absolute atomic E-state index is 11.4. The van der Waals surface area contributed by atoms with Crippen LogP contribution < -0.4 is 10.2 Å². The van der Waals surface area contributed by atoms with Crippen molar-refractivity contribution in [2.24, 2.45) is 0 Å². The highest BCUT2D eigenvalue weighted by Crippen LogP contribution is 2.39. The van der Waals surface area contributed by atoms with E-state index in [0.717, 1.165) is 50.2 Å². The van der Waals surface area contributed by atoms with Gasteiger partial charge in [-0.1, -0.05) is 0 Å². The molecule has 0 aromatic carbocycles. The van der Waals surface area contributed by atoms with E-state index in [0.29, 0.717) is 5.92 Å². The average Bonchev–Trinajstić information content (AvgIpc) is 3.32. The highest BCUT2D eigenvalue weighted by molar-refractivity contribution is 5.73. The summed E-state index contributed by atoms with van der Waals surface area (Å²) < 4.78 is 0. The van der Waals surface area contributed by atoms with E-state index in [4.69, 9.17) is 4.98 Å². The second-order valence-electron chi connectivity index (χ2n) is 5.77. The van der Waals surface area contributed by atoms with Crippen LogP contribution in [0.2, 0.25) is 0 Å². The van der Waals surface area contributed by atoms with Crippen LogP contribution in [0.5, 0.6) is 0 Å². The minimum atomic E-state index is 0.157. The Balaban J connectivity index is 1.76. The van der Waals surface area contributed by atoms with Gasteiger partial charge < -0.3 is 15.1 Å². The first-order valence-electron chi connectivity index (χ1n) is 7.80. The van der Waals surface area contributed by atoms with Crippen molar-refractivity contribution in [2.45, 2.75) is 32.6 Å². The largest absolute Gasteiger partial charge is 0.370 e. The predicted octanol–water partition coefficient (Wildman–Crippen LogP) is 1.45. The average molecular weight is 289 g/mol. The lowest BCUT2D eigenvalue weighted by molar-refractivity contribution is -0.129. The van der Waals surface area contributed by atoms with Gasteiger partial charge in [-0.25, -0.2) is 9.97 Å². The van der Waals surface area contributed by atoms with Crippen molar-refractivity contribution in [1.82, 2.24) is 14.9 Å². The van der Waals surface area contributed by atoms with Crippen molar-refractivity contribution < 1.29 is 4.79 Å². The van der Waals surface area contributed by atoms with E-state index < -0.39 is 0 Å². The molecule has 6 nitrogen and oxygen atoms in total. The van der Waals surface area contributed by atoms with E-state index in [1.165, 1.54) is 12.8 Å². The van der Waals surface area contributed by atoms with Crippen molar-refractivity contribution in [1.29, 1.82) is 0 Å². The van der Waals surface area contributed by atoms with Crippen molar-refractivity contribution in [3.8, 4) is 0 Å². The van der Waals surface area contributed by atoms with Gasteiger partial charge in [-0.15, -0.1) is 0 Å². The Hall–Kier alpha value is -1.85. The number of nitrogens with one attached hydrogen (secondary N) is 1. The first-order chi connectivity index (χ1) is 10.2. The molecule has 1 saturated carbocycles. The van der Waals surface area contributed by atoms with Crippen LogP contribution >= 0.6 is 0 Å². The highest BCUT2D eigenvalue weighted by atomic mass is 16.2. The van der Waals surface area contributed by atoms with Gasteiger partial charge in [0.2, 0.25) is 5.91 Å². The summed E-state index contributed by atoms with van der Waals surface area (Å²) in [6.07, 6.45) is 2.40. The summed E-state index contributed by atoms with van der Waals surface area (Å²) >= 11 is 0. The van der Waals surface area contributed by atoms with Gasteiger partial charge in [-0.3, -0.25) is 4.79 Å². The van der Waals surface area contributed by atoms with Crippen LogP contribution in [0.15, 0.2) is 6.07 Å². The van der Waals surface area contributed by atoms with E-state index in [1.54, 1.807) is 6.92 Å². The fraction of sp³-hybridized carbons (Fsp3) is 0.667. The monoisotopic (exact) mass is 289 g/mol. The van der Waals surface area contributed by atoms with Crippen molar-refractivity contribution in [3.63, 3.8) is 0 Å². The van der Waals surface area contributed by atoms with Gasteiger partial charge in [-0.2, -0.15) is 0 Å². The zero-order valence-electron chi connectivity index (χ0n) is 12.8. The van der Waals surface area contributed by atoms with E-state index in [9.17, 15) is 4.79 Å². The standard InChI is InChI=1S/C15H23N5O/c1-3-16-13-10-14(18-15(17-13)12-4-5-12)20-8-6-19(7-9-20)11(2)21/h10,12H,3-9H2,1-2H3,(H,16,17,18). The number of hydrogen-bond donors (Lipinski definition) is 1. The summed E-state index contributed by atoms with van der Waals surface area (Å²) in [6, 6.07) is 2.03. The van der Waals surface area contributed by atoms with Gasteiger partial charge in [0.15, 0.2) is 0 Å². The Kier molecular flexibility index (Phi) is 3.94. The first-order valence-corrected chi connectivity index (χ1v) is 7.80.